The quantitative estimate of drug-likeness (QED) is 0.637. The Hall–Kier alpha value is -1.65. The maximum absolute atomic E-state index is 11.4. The molecule has 0 bridgehead atoms. The average Bonchev–Trinajstić information content (AvgIpc) is 2.42. The average molecular weight is 321 g/mol. The van der Waals surface area contributed by atoms with Crippen LogP contribution in [0, 0.1) is 0 Å². The Morgan fingerprint density at radius 1 is 1.11 bits per heavy atom. The first-order valence-corrected chi connectivity index (χ1v) is 6.54. The number of hydrogen-bond acceptors (Lipinski definition) is 3. The Morgan fingerprint density at radius 2 is 1.84 bits per heavy atom. The van der Waals surface area contributed by atoms with Crippen LogP contribution in [-0.4, -0.2) is 19.7 Å². The first kappa shape index (κ1) is 13.8. The van der Waals surface area contributed by atoms with Crippen molar-refractivity contribution < 1.29 is 14.3 Å². The van der Waals surface area contributed by atoms with E-state index in [2.05, 4.69) is 15.9 Å². The molecule has 3 nitrogen and oxygen atoms in total. The number of halogens is 1. The molecule has 2 aromatic carbocycles. The molecule has 0 N–H and O–H groups in total. The van der Waals surface area contributed by atoms with Gasteiger partial charge in [0.15, 0.2) is 0 Å². The van der Waals surface area contributed by atoms with Crippen LogP contribution in [0.3, 0.4) is 0 Å². The van der Waals surface area contributed by atoms with Crippen molar-refractivity contribution in [3.63, 3.8) is 0 Å². The minimum Gasteiger partial charge on any atom is -0.424 e. The van der Waals surface area contributed by atoms with Crippen LogP contribution in [0.25, 0.3) is 11.1 Å². The summed E-state index contributed by atoms with van der Waals surface area (Å²) in [5, 5.41) is 0. The number of carbonyl (C=O) groups excluding carboxylic acids is 1. The van der Waals surface area contributed by atoms with Crippen molar-refractivity contribution in [1.82, 2.24) is 0 Å². The standard InChI is InChI=1S/C15H13BrO3/c1-18-10-15(17)19-14-8-7-12(9-13(14)16)11-5-3-2-4-6-11/h2-9H,10H2,1H3. The minimum atomic E-state index is -0.421. The second kappa shape index (κ2) is 6.50. The number of benzene rings is 2. The number of rotatable bonds is 4. The van der Waals surface area contributed by atoms with Gasteiger partial charge in [0.05, 0.1) is 4.47 Å². The summed E-state index contributed by atoms with van der Waals surface area (Å²) in [6.07, 6.45) is 0. The fourth-order valence-electron chi connectivity index (χ4n) is 1.66. The third kappa shape index (κ3) is 3.66. The minimum absolute atomic E-state index is 0.0626. The lowest BCUT2D eigenvalue weighted by Crippen LogP contribution is -2.14. The molecule has 2 rings (SSSR count). The van der Waals surface area contributed by atoms with Gasteiger partial charge in [-0.25, -0.2) is 4.79 Å². The molecule has 0 saturated carbocycles. The molecule has 2 aromatic rings. The summed E-state index contributed by atoms with van der Waals surface area (Å²) in [6, 6.07) is 15.6. The van der Waals surface area contributed by atoms with Gasteiger partial charge in [0.25, 0.3) is 0 Å². The number of hydrogen-bond donors (Lipinski definition) is 0. The molecular formula is C15H13BrO3. The molecular weight excluding hydrogens is 308 g/mol. The van der Waals surface area contributed by atoms with Crippen molar-refractivity contribution in [1.29, 1.82) is 0 Å². The Kier molecular flexibility index (Phi) is 4.71. The topological polar surface area (TPSA) is 35.5 Å². The lowest BCUT2D eigenvalue weighted by molar-refractivity contribution is -0.138. The van der Waals surface area contributed by atoms with Crippen molar-refractivity contribution in [2.75, 3.05) is 13.7 Å². The van der Waals surface area contributed by atoms with Gasteiger partial charge in [-0.1, -0.05) is 36.4 Å². The highest BCUT2D eigenvalue weighted by Gasteiger charge is 2.09. The van der Waals surface area contributed by atoms with E-state index >= 15 is 0 Å². The number of carbonyl (C=O) groups is 1. The van der Waals surface area contributed by atoms with Crippen molar-refractivity contribution in [3.05, 3.63) is 53.0 Å². The van der Waals surface area contributed by atoms with E-state index in [1.165, 1.54) is 7.11 Å². The summed E-state index contributed by atoms with van der Waals surface area (Å²) in [4.78, 5) is 11.4. The normalized spacial score (nSPS) is 10.2. The summed E-state index contributed by atoms with van der Waals surface area (Å²) in [6.45, 7) is -0.0626. The number of methoxy groups -OCH3 is 1. The van der Waals surface area contributed by atoms with Crippen LogP contribution >= 0.6 is 15.9 Å². The van der Waals surface area contributed by atoms with Gasteiger partial charge in [-0.15, -0.1) is 0 Å². The van der Waals surface area contributed by atoms with Gasteiger partial charge in [-0.2, -0.15) is 0 Å². The molecule has 98 valence electrons. The van der Waals surface area contributed by atoms with E-state index in [4.69, 9.17) is 9.47 Å². The molecule has 19 heavy (non-hydrogen) atoms. The molecule has 0 atom stereocenters. The molecule has 0 amide bonds. The Balaban J connectivity index is 2.20. The fourth-order valence-corrected chi connectivity index (χ4v) is 2.12. The van der Waals surface area contributed by atoms with E-state index in [1.807, 2.05) is 42.5 Å². The third-order valence-corrected chi connectivity index (χ3v) is 3.14. The van der Waals surface area contributed by atoms with Crippen LogP contribution in [0.5, 0.6) is 5.75 Å². The Labute approximate surface area is 120 Å². The first-order chi connectivity index (χ1) is 9.20. The van der Waals surface area contributed by atoms with E-state index in [0.717, 1.165) is 15.6 Å². The molecule has 0 saturated heterocycles. The van der Waals surface area contributed by atoms with Gasteiger partial charge >= 0.3 is 5.97 Å². The highest BCUT2D eigenvalue weighted by Crippen LogP contribution is 2.30. The van der Waals surface area contributed by atoms with E-state index in [9.17, 15) is 4.79 Å². The second-order valence-corrected chi connectivity index (χ2v) is 4.77. The van der Waals surface area contributed by atoms with Crippen LogP contribution in [0.4, 0.5) is 0 Å². The highest BCUT2D eigenvalue weighted by molar-refractivity contribution is 9.10. The smallest absolute Gasteiger partial charge is 0.337 e. The third-order valence-electron chi connectivity index (χ3n) is 2.52. The van der Waals surface area contributed by atoms with Crippen molar-refractivity contribution in [3.8, 4) is 16.9 Å². The van der Waals surface area contributed by atoms with Crippen LogP contribution in [0.15, 0.2) is 53.0 Å². The van der Waals surface area contributed by atoms with Gasteiger partial charge in [-0.3, -0.25) is 0 Å². The van der Waals surface area contributed by atoms with Gasteiger partial charge in [0.2, 0.25) is 0 Å². The lowest BCUT2D eigenvalue weighted by Gasteiger charge is -2.08. The molecule has 0 radical (unpaired) electrons. The molecule has 0 spiro atoms. The molecule has 0 aliphatic heterocycles. The zero-order valence-electron chi connectivity index (χ0n) is 10.4. The summed E-state index contributed by atoms with van der Waals surface area (Å²) in [5.74, 6) is 0.0670. The largest absolute Gasteiger partial charge is 0.424 e. The Bertz CT molecular complexity index is 567. The molecule has 0 aliphatic rings. The van der Waals surface area contributed by atoms with E-state index in [-0.39, 0.29) is 6.61 Å². The fraction of sp³-hybridized carbons (Fsp3) is 0.133. The molecule has 0 aromatic heterocycles. The molecule has 0 fully saturated rings. The maximum atomic E-state index is 11.4. The SMILES string of the molecule is COCC(=O)Oc1ccc(-c2ccccc2)cc1Br. The van der Waals surface area contributed by atoms with Crippen LogP contribution in [0.1, 0.15) is 0 Å². The van der Waals surface area contributed by atoms with Gasteiger partial charge in [-0.05, 0) is 39.2 Å². The van der Waals surface area contributed by atoms with Crippen LogP contribution in [0.2, 0.25) is 0 Å². The van der Waals surface area contributed by atoms with E-state index in [0.29, 0.717) is 5.75 Å². The number of esters is 1. The van der Waals surface area contributed by atoms with Gasteiger partial charge < -0.3 is 9.47 Å². The summed E-state index contributed by atoms with van der Waals surface area (Å²) in [7, 11) is 1.45. The first-order valence-electron chi connectivity index (χ1n) is 5.75. The summed E-state index contributed by atoms with van der Waals surface area (Å²) < 4.78 is 10.6. The van der Waals surface area contributed by atoms with Crippen LogP contribution in [-0.2, 0) is 9.53 Å². The zero-order chi connectivity index (χ0) is 13.7. The van der Waals surface area contributed by atoms with Crippen molar-refractivity contribution in [2.45, 2.75) is 0 Å². The lowest BCUT2D eigenvalue weighted by atomic mass is 10.1. The monoisotopic (exact) mass is 320 g/mol. The van der Waals surface area contributed by atoms with Crippen molar-refractivity contribution in [2.24, 2.45) is 0 Å². The summed E-state index contributed by atoms with van der Waals surface area (Å²) >= 11 is 3.41. The zero-order valence-corrected chi connectivity index (χ0v) is 12.0. The molecule has 0 unspecified atom stereocenters. The van der Waals surface area contributed by atoms with E-state index in [1.54, 1.807) is 6.07 Å². The Morgan fingerprint density at radius 3 is 2.47 bits per heavy atom. The van der Waals surface area contributed by atoms with Gasteiger partial charge in [0.1, 0.15) is 12.4 Å². The predicted octanol–water partition coefficient (Wildman–Crippen LogP) is 3.67. The van der Waals surface area contributed by atoms with Crippen LogP contribution < -0.4 is 4.74 Å². The highest BCUT2D eigenvalue weighted by atomic mass is 79.9. The van der Waals surface area contributed by atoms with Crippen molar-refractivity contribution >= 4 is 21.9 Å². The summed E-state index contributed by atoms with van der Waals surface area (Å²) in [5.41, 5.74) is 2.16. The van der Waals surface area contributed by atoms with E-state index < -0.39 is 5.97 Å². The molecule has 0 aliphatic carbocycles. The number of ether oxygens (including phenoxy) is 2. The maximum Gasteiger partial charge on any atom is 0.337 e. The molecule has 0 heterocycles. The second-order valence-electron chi connectivity index (χ2n) is 3.92. The predicted molar refractivity (Wildman–Crippen MR) is 77.1 cm³/mol. The molecule has 4 heteroatoms. The van der Waals surface area contributed by atoms with Gasteiger partial charge in [0, 0.05) is 7.11 Å².